The fourth-order valence-electron chi connectivity index (χ4n) is 2.44. The van der Waals surface area contributed by atoms with Crippen molar-refractivity contribution < 1.29 is 4.74 Å². The predicted molar refractivity (Wildman–Crippen MR) is 69.6 cm³/mol. The molecule has 1 N–H and O–H groups in total. The van der Waals surface area contributed by atoms with Crippen LogP contribution in [0.15, 0.2) is 17.4 Å². The van der Waals surface area contributed by atoms with Crippen LogP contribution in [0.4, 0.5) is 5.82 Å². The first kappa shape index (κ1) is 11.6. The van der Waals surface area contributed by atoms with Crippen LogP contribution >= 0.6 is 0 Å². The van der Waals surface area contributed by atoms with E-state index in [9.17, 15) is 0 Å². The van der Waals surface area contributed by atoms with E-state index < -0.39 is 0 Å². The minimum absolute atomic E-state index is 0.409. The zero-order valence-corrected chi connectivity index (χ0v) is 10.4. The Morgan fingerprint density at radius 3 is 2.89 bits per heavy atom. The number of fused-ring (bicyclic) bond motifs is 1. The third-order valence-corrected chi connectivity index (χ3v) is 3.46. The number of anilines is 1. The van der Waals surface area contributed by atoms with Crippen LogP contribution in [0.2, 0.25) is 0 Å². The molecule has 1 aliphatic heterocycles. The van der Waals surface area contributed by atoms with Crippen LogP contribution in [-0.4, -0.2) is 28.5 Å². The Kier molecular flexibility index (Phi) is 3.50. The Hall–Kier alpha value is -1.49. The van der Waals surface area contributed by atoms with Gasteiger partial charge < -0.3 is 10.1 Å². The molecule has 0 radical (unpaired) electrons. The molecular formula is C13H18N4O. The predicted octanol–water partition coefficient (Wildman–Crippen LogP) is 2.15. The van der Waals surface area contributed by atoms with Crippen LogP contribution in [0.5, 0.6) is 0 Å². The Labute approximate surface area is 107 Å². The van der Waals surface area contributed by atoms with Gasteiger partial charge in [0.15, 0.2) is 5.82 Å². The molecule has 0 spiro atoms. The van der Waals surface area contributed by atoms with Crippen molar-refractivity contribution in [2.45, 2.75) is 44.8 Å². The lowest BCUT2D eigenvalue weighted by Crippen LogP contribution is -2.28. The molecule has 1 aliphatic carbocycles. The molecule has 96 valence electrons. The van der Waals surface area contributed by atoms with E-state index in [1.165, 1.54) is 32.1 Å². The number of hydrogen-bond acceptors (Lipinski definition) is 5. The first-order valence-electron chi connectivity index (χ1n) is 6.63. The van der Waals surface area contributed by atoms with Crippen molar-refractivity contribution in [3.63, 3.8) is 0 Å². The minimum atomic E-state index is 0.409. The van der Waals surface area contributed by atoms with E-state index in [2.05, 4.69) is 20.3 Å². The van der Waals surface area contributed by atoms with Crippen molar-refractivity contribution in [1.29, 1.82) is 0 Å². The molecule has 2 heterocycles. The Bertz CT molecular complexity index is 440. The topological polar surface area (TPSA) is 59.4 Å². The van der Waals surface area contributed by atoms with E-state index in [1.807, 2.05) is 0 Å². The minimum Gasteiger partial charge on any atom is -0.370 e. The number of nitrogens with one attached hydrogen (secondary N) is 1. The molecule has 0 saturated heterocycles. The number of ether oxygens (including phenoxy) is 1. The fraction of sp³-hybridized carbons (Fsp3) is 0.615. The first-order chi connectivity index (χ1) is 8.92. The molecule has 0 atom stereocenters. The third kappa shape index (κ3) is 2.67. The molecule has 1 aromatic heterocycles. The summed E-state index contributed by atoms with van der Waals surface area (Å²) in [6.45, 7) is 1.15. The zero-order chi connectivity index (χ0) is 12.2. The normalized spacial score (nSPS) is 19.9. The van der Waals surface area contributed by atoms with E-state index in [1.54, 1.807) is 12.4 Å². The van der Waals surface area contributed by atoms with Crippen LogP contribution in [0.1, 0.15) is 37.8 Å². The van der Waals surface area contributed by atoms with Crippen LogP contribution in [0.3, 0.4) is 0 Å². The summed E-state index contributed by atoms with van der Waals surface area (Å²) in [5, 5.41) is 3.19. The van der Waals surface area contributed by atoms with Crippen molar-refractivity contribution in [3.05, 3.63) is 18.1 Å². The summed E-state index contributed by atoms with van der Waals surface area (Å²) >= 11 is 0. The molecule has 0 aromatic carbocycles. The summed E-state index contributed by atoms with van der Waals surface area (Å²) < 4.78 is 5.90. The van der Waals surface area contributed by atoms with Gasteiger partial charge in [0.05, 0.1) is 12.6 Å². The van der Waals surface area contributed by atoms with Crippen molar-refractivity contribution in [2.75, 3.05) is 11.9 Å². The second kappa shape index (κ2) is 5.44. The van der Waals surface area contributed by atoms with Crippen molar-refractivity contribution in [3.8, 4) is 0 Å². The lowest BCUT2D eigenvalue weighted by atomic mass is 9.98. The highest BCUT2D eigenvalue weighted by atomic mass is 16.5. The van der Waals surface area contributed by atoms with Gasteiger partial charge in [0.1, 0.15) is 18.1 Å². The Morgan fingerprint density at radius 1 is 1.17 bits per heavy atom. The van der Waals surface area contributed by atoms with Gasteiger partial charge in [-0.1, -0.05) is 19.3 Å². The Morgan fingerprint density at radius 2 is 2.00 bits per heavy atom. The van der Waals surface area contributed by atoms with Gasteiger partial charge >= 0.3 is 0 Å². The highest BCUT2D eigenvalue weighted by molar-refractivity contribution is 5.97. The number of rotatable bonds is 3. The average Bonchev–Trinajstić information content (AvgIpc) is 2.46. The SMILES string of the molecule is c1cnc2c(n1)CN=C(COC1CCCCC1)N2. The fourth-order valence-corrected chi connectivity index (χ4v) is 2.44. The summed E-state index contributed by atoms with van der Waals surface area (Å²) in [6, 6.07) is 0. The zero-order valence-electron chi connectivity index (χ0n) is 10.4. The summed E-state index contributed by atoms with van der Waals surface area (Å²) in [5.74, 6) is 1.68. The molecule has 1 fully saturated rings. The molecular weight excluding hydrogens is 228 g/mol. The van der Waals surface area contributed by atoms with Crippen molar-refractivity contribution in [1.82, 2.24) is 9.97 Å². The molecule has 0 amide bonds. The molecule has 0 bridgehead atoms. The monoisotopic (exact) mass is 246 g/mol. The second-order valence-electron chi connectivity index (χ2n) is 4.81. The summed E-state index contributed by atoms with van der Waals surface area (Å²) in [5.41, 5.74) is 0.902. The second-order valence-corrected chi connectivity index (χ2v) is 4.81. The summed E-state index contributed by atoms with van der Waals surface area (Å²) in [6.07, 6.45) is 10.1. The smallest absolute Gasteiger partial charge is 0.155 e. The third-order valence-electron chi connectivity index (χ3n) is 3.46. The average molecular weight is 246 g/mol. The van der Waals surface area contributed by atoms with Gasteiger partial charge in [-0.2, -0.15) is 0 Å². The van der Waals surface area contributed by atoms with E-state index in [4.69, 9.17) is 4.74 Å². The number of hydrogen-bond donors (Lipinski definition) is 1. The maximum Gasteiger partial charge on any atom is 0.155 e. The number of amidine groups is 1. The highest BCUT2D eigenvalue weighted by Crippen LogP contribution is 2.21. The number of aliphatic imine (C=N–C) groups is 1. The van der Waals surface area contributed by atoms with E-state index >= 15 is 0 Å². The maximum atomic E-state index is 5.90. The van der Waals surface area contributed by atoms with Crippen LogP contribution in [0.25, 0.3) is 0 Å². The van der Waals surface area contributed by atoms with E-state index in [0.717, 1.165) is 17.3 Å². The summed E-state index contributed by atoms with van der Waals surface area (Å²) in [4.78, 5) is 12.9. The molecule has 5 nitrogen and oxygen atoms in total. The number of aromatic nitrogens is 2. The van der Waals surface area contributed by atoms with Gasteiger partial charge in [-0.15, -0.1) is 0 Å². The van der Waals surface area contributed by atoms with Crippen molar-refractivity contribution >= 4 is 11.7 Å². The highest BCUT2D eigenvalue weighted by Gasteiger charge is 2.17. The lowest BCUT2D eigenvalue weighted by molar-refractivity contribution is 0.0527. The maximum absolute atomic E-state index is 5.90. The van der Waals surface area contributed by atoms with E-state index in [0.29, 0.717) is 19.3 Å². The van der Waals surface area contributed by atoms with Crippen LogP contribution in [-0.2, 0) is 11.3 Å². The van der Waals surface area contributed by atoms with Crippen molar-refractivity contribution in [2.24, 2.45) is 4.99 Å². The van der Waals surface area contributed by atoms with Gasteiger partial charge in [-0.05, 0) is 12.8 Å². The standard InChI is InChI=1S/C13H18N4O/c1-2-4-10(5-3-1)18-9-12-16-8-11-13(17-12)15-7-6-14-11/h6-7,10H,1-5,8-9H2,(H,15,16,17). The molecule has 18 heavy (non-hydrogen) atoms. The quantitative estimate of drug-likeness (QED) is 0.887. The van der Waals surface area contributed by atoms with E-state index in [-0.39, 0.29) is 0 Å². The van der Waals surface area contributed by atoms with Gasteiger partial charge in [-0.25, -0.2) is 4.98 Å². The summed E-state index contributed by atoms with van der Waals surface area (Å²) in [7, 11) is 0. The van der Waals surface area contributed by atoms with Gasteiger partial charge in [0.2, 0.25) is 0 Å². The molecule has 0 unspecified atom stereocenters. The van der Waals surface area contributed by atoms with Crippen LogP contribution < -0.4 is 5.32 Å². The molecule has 1 saturated carbocycles. The largest absolute Gasteiger partial charge is 0.370 e. The van der Waals surface area contributed by atoms with Gasteiger partial charge in [-0.3, -0.25) is 9.98 Å². The van der Waals surface area contributed by atoms with Crippen LogP contribution in [0, 0.1) is 0 Å². The molecule has 5 heteroatoms. The molecule has 3 rings (SSSR count). The first-order valence-corrected chi connectivity index (χ1v) is 6.63. The lowest BCUT2D eigenvalue weighted by Gasteiger charge is -2.23. The molecule has 2 aliphatic rings. The van der Waals surface area contributed by atoms with Gasteiger partial charge in [0.25, 0.3) is 0 Å². The molecule has 1 aromatic rings. The number of nitrogens with zero attached hydrogens (tertiary/aromatic N) is 3. The Balaban J connectivity index is 1.54. The van der Waals surface area contributed by atoms with Gasteiger partial charge in [0, 0.05) is 12.4 Å².